The van der Waals surface area contributed by atoms with E-state index >= 15 is 0 Å². The Hall–Kier alpha value is -3.11. The van der Waals surface area contributed by atoms with Gasteiger partial charge in [0, 0.05) is 43.8 Å². The molecule has 1 fully saturated rings. The summed E-state index contributed by atoms with van der Waals surface area (Å²) in [6.45, 7) is 4.50. The number of nitrogens with one attached hydrogen (secondary N) is 1. The molecular formula is C20H22N6O3S. The standard InChI is InChI=1S/C20H22N6O3S/c1-14-10-17(24-29-14)23-18(27)12-25-6-8-26(9-7-25)19(28)11-15-13-30-20(22-15)16-4-2-3-5-21-16/h2-5,10,13H,6-9,11-12H2,1H3,(H,23,24,27). The summed E-state index contributed by atoms with van der Waals surface area (Å²) in [6, 6.07) is 7.36. The van der Waals surface area contributed by atoms with Crippen LogP contribution in [-0.4, -0.2) is 69.5 Å². The van der Waals surface area contributed by atoms with Gasteiger partial charge < -0.3 is 14.7 Å². The maximum atomic E-state index is 12.6. The minimum Gasteiger partial charge on any atom is -0.360 e. The van der Waals surface area contributed by atoms with Gasteiger partial charge in [-0.3, -0.25) is 19.5 Å². The summed E-state index contributed by atoms with van der Waals surface area (Å²) < 4.78 is 4.94. The Morgan fingerprint density at radius 1 is 1.23 bits per heavy atom. The first-order valence-electron chi connectivity index (χ1n) is 9.66. The minimum atomic E-state index is -0.146. The number of anilines is 1. The Kier molecular flexibility index (Phi) is 6.15. The average Bonchev–Trinajstić information content (AvgIpc) is 3.38. The van der Waals surface area contributed by atoms with Crippen molar-refractivity contribution in [1.29, 1.82) is 0 Å². The first kappa shape index (κ1) is 20.2. The lowest BCUT2D eigenvalue weighted by molar-refractivity contribution is -0.132. The van der Waals surface area contributed by atoms with E-state index in [-0.39, 0.29) is 24.8 Å². The van der Waals surface area contributed by atoms with Gasteiger partial charge in [-0.15, -0.1) is 11.3 Å². The predicted octanol–water partition coefficient (Wildman–Crippen LogP) is 1.83. The van der Waals surface area contributed by atoms with E-state index in [4.69, 9.17) is 4.52 Å². The number of nitrogens with zero attached hydrogens (tertiary/aromatic N) is 5. The van der Waals surface area contributed by atoms with Crippen LogP contribution in [0.4, 0.5) is 5.82 Å². The molecule has 156 valence electrons. The molecule has 0 atom stereocenters. The van der Waals surface area contributed by atoms with Crippen molar-refractivity contribution in [3.05, 3.63) is 47.3 Å². The zero-order valence-corrected chi connectivity index (χ0v) is 17.4. The molecule has 4 rings (SSSR count). The second-order valence-corrected chi connectivity index (χ2v) is 7.92. The number of pyridine rings is 1. The van der Waals surface area contributed by atoms with Crippen molar-refractivity contribution < 1.29 is 14.1 Å². The van der Waals surface area contributed by atoms with Crippen LogP contribution in [0.2, 0.25) is 0 Å². The van der Waals surface area contributed by atoms with Crippen LogP contribution in [0.5, 0.6) is 0 Å². The first-order valence-corrected chi connectivity index (χ1v) is 10.5. The van der Waals surface area contributed by atoms with Crippen LogP contribution in [-0.2, 0) is 16.0 Å². The number of carbonyl (C=O) groups excluding carboxylic acids is 2. The highest BCUT2D eigenvalue weighted by atomic mass is 32.1. The number of thiazole rings is 1. The summed E-state index contributed by atoms with van der Waals surface area (Å²) in [7, 11) is 0. The number of aryl methyl sites for hydroxylation is 1. The summed E-state index contributed by atoms with van der Waals surface area (Å²) in [5.41, 5.74) is 1.57. The van der Waals surface area contributed by atoms with Gasteiger partial charge >= 0.3 is 0 Å². The maximum Gasteiger partial charge on any atom is 0.239 e. The lowest BCUT2D eigenvalue weighted by Gasteiger charge is -2.34. The number of rotatable bonds is 6. The zero-order chi connectivity index (χ0) is 20.9. The van der Waals surface area contributed by atoms with Crippen molar-refractivity contribution in [3.63, 3.8) is 0 Å². The second-order valence-electron chi connectivity index (χ2n) is 7.06. The second kappa shape index (κ2) is 9.14. The van der Waals surface area contributed by atoms with Gasteiger partial charge in [0.1, 0.15) is 10.8 Å². The lowest BCUT2D eigenvalue weighted by Crippen LogP contribution is -2.50. The molecule has 2 amide bonds. The molecule has 0 saturated carbocycles. The Labute approximate surface area is 177 Å². The van der Waals surface area contributed by atoms with Gasteiger partial charge in [-0.25, -0.2) is 4.98 Å². The maximum absolute atomic E-state index is 12.6. The van der Waals surface area contributed by atoms with Gasteiger partial charge in [0.15, 0.2) is 5.82 Å². The van der Waals surface area contributed by atoms with Crippen LogP contribution >= 0.6 is 11.3 Å². The Morgan fingerprint density at radius 2 is 2.07 bits per heavy atom. The molecule has 0 radical (unpaired) electrons. The number of carbonyl (C=O) groups is 2. The monoisotopic (exact) mass is 426 g/mol. The summed E-state index contributed by atoms with van der Waals surface area (Å²) in [4.78, 5) is 37.5. The number of aromatic nitrogens is 3. The highest BCUT2D eigenvalue weighted by Crippen LogP contribution is 2.22. The van der Waals surface area contributed by atoms with E-state index in [2.05, 4.69) is 20.4 Å². The third-order valence-corrected chi connectivity index (χ3v) is 5.67. The van der Waals surface area contributed by atoms with E-state index in [9.17, 15) is 9.59 Å². The Balaban J connectivity index is 1.23. The fraction of sp³-hybridized carbons (Fsp3) is 0.350. The first-order chi connectivity index (χ1) is 14.6. The number of piperazine rings is 1. The Bertz CT molecular complexity index is 1010. The van der Waals surface area contributed by atoms with Crippen LogP contribution in [0.1, 0.15) is 11.5 Å². The molecule has 4 heterocycles. The van der Waals surface area contributed by atoms with Gasteiger partial charge in [-0.2, -0.15) is 0 Å². The third-order valence-electron chi connectivity index (χ3n) is 4.76. The van der Waals surface area contributed by atoms with Crippen molar-refractivity contribution >= 4 is 29.0 Å². The Morgan fingerprint density at radius 3 is 2.77 bits per heavy atom. The molecule has 10 heteroatoms. The SMILES string of the molecule is Cc1cc(NC(=O)CN2CCN(C(=O)Cc3csc(-c4ccccn4)n3)CC2)no1. The number of hydrogen-bond donors (Lipinski definition) is 1. The van der Waals surface area contributed by atoms with Gasteiger partial charge in [0.2, 0.25) is 11.8 Å². The molecule has 1 N–H and O–H groups in total. The van der Waals surface area contributed by atoms with Gasteiger partial charge in [0.05, 0.1) is 24.4 Å². The minimum absolute atomic E-state index is 0.0510. The van der Waals surface area contributed by atoms with Crippen LogP contribution in [0, 0.1) is 6.92 Å². The van der Waals surface area contributed by atoms with Crippen LogP contribution in [0.25, 0.3) is 10.7 Å². The molecule has 1 aliphatic rings. The number of amides is 2. The molecular weight excluding hydrogens is 404 g/mol. The van der Waals surface area contributed by atoms with Gasteiger partial charge in [-0.05, 0) is 19.1 Å². The summed E-state index contributed by atoms with van der Waals surface area (Å²) in [6.07, 6.45) is 2.00. The summed E-state index contributed by atoms with van der Waals surface area (Å²) in [5.74, 6) is 0.965. The van der Waals surface area contributed by atoms with Crippen molar-refractivity contribution in [2.75, 3.05) is 38.0 Å². The van der Waals surface area contributed by atoms with E-state index < -0.39 is 0 Å². The quantitative estimate of drug-likeness (QED) is 0.641. The predicted molar refractivity (Wildman–Crippen MR) is 112 cm³/mol. The normalized spacial score (nSPS) is 14.6. The summed E-state index contributed by atoms with van der Waals surface area (Å²) >= 11 is 1.49. The smallest absolute Gasteiger partial charge is 0.239 e. The van der Waals surface area contributed by atoms with Crippen LogP contribution in [0.3, 0.4) is 0 Å². The topological polar surface area (TPSA) is 104 Å². The van der Waals surface area contributed by atoms with Gasteiger partial charge in [0.25, 0.3) is 0 Å². The third kappa shape index (κ3) is 5.08. The molecule has 0 unspecified atom stereocenters. The molecule has 0 spiro atoms. The van der Waals surface area contributed by atoms with E-state index in [1.54, 1.807) is 19.2 Å². The largest absolute Gasteiger partial charge is 0.360 e. The molecule has 3 aromatic heterocycles. The molecule has 1 aliphatic heterocycles. The highest BCUT2D eigenvalue weighted by molar-refractivity contribution is 7.13. The summed E-state index contributed by atoms with van der Waals surface area (Å²) in [5, 5.41) is 9.20. The fourth-order valence-electron chi connectivity index (χ4n) is 3.23. The molecule has 3 aromatic rings. The molecule has 9 nitrogen and oxygen atoms in total. The number of hydrogen-bond acceptors (Lipinski definition) is 8. The molecule has 30 heavy (non-hydrogen) atoms. The van der Waals surface area contributed by atoms with Crippen molar-refractivity contribution in [2.24, 2.45) is 0 Å². The van der Waals surface area contributed by atoms with Crippen LogP contribution in [0.15, 0.2) is 40.4 Å². The van der Waals surface area contributed by atoms with Crippen molar-refractivity contribution in [1.82, 2.24) is 24.9 Å². The molecule has 0 aromatic carbocycles. The zero-order valence-electron chi connectivity index (χ0n) is 16.6. The van der Waals surface area contributed by atoms with Crippen LogP contribution < -0.4 is 5.32 Å². The molecule has 0 aliphatic carbocycles. The lowest BCUT2D eigenvalue weighted by atomic mass is 10.2. The van der Waals surface area contributed by atoms with E-state index in [0.29, 0.717) is 37.8 Å². The average molecular weight is 427 g/mol. The van der Waals surface area contributed by atoms with Gasteiger partial charge in [-0.1, -0.05) is 11.2 Å². The fourth-order valence-corrected chi connectivity index (χ4v) is 4.02. The van der Waals surface area contributed by atoms with E-state index in [0.717, 1.165) is 16.4 Å². The molecule has 0 bridgehead atoms. The van der Waals surface area contributed by atoms with E-state index in [1.807, 2.05) is 33.4 Å². The highest BCUT2D eigenvalue weighted by Gasteiger charge is 2.23. The van der Waals surface area contributed by atoms with Crippen molar-refractivity contribution in [2.45, 2.75) is 13.3 Å². The molecule has 1 saturated heterocycles. The van der Waals surface area contributed by atoms with E-state index in [1.165, 1.54) is 11.3 Å². The van der Waals surface area contributed by atoms with Crippen molar-refractivity contribution in [3.8, 4) is 10.7 Å².